The molecule has 2 N–H and O–H groups in total. The molecular weight excluding hydrogens is 296 g/mol. The van der Waals surface area contributed by atoms with Crippen LogP contribution in [0.25, 0.3) is 0 Å². The molecule has 2 aromatic rings. The van der Waals surface area contributed by atoms with Crippen LogP contribution in [0.15, 0.2) is 47.4 Å². The maximum absolute atomic E-state index is 12.4. The van der Waals surface area contributed by atoms with Crippen LogP contribution in [0, 0.1) is 0 Å². The van der Waals surface area contributed by atoms with E-state index in [2.05, 4.69) is 4.98 Å². The van der Waals surface area contributed by atoms with Crippen molar-refractivity contribution in [1.29, 1.82) is 0 Å². The first-order valence-electron chi connectivity index (χ1n) is 5.95. The Morgan fingerprint density at radius 3 is 2.43 bits per heavy atom. The maximum Gasteiger partial charge on any atom is 0.323 e. The van der Waals surface area contributed by atoms with Crippen molar-refractivity contribution in [3.8, 4) is 0 Å². The zero-order valence-corrected chi connectivity index (χ0v) is 11.5. The van der Waals surface area contributed by atoms with Gasteiger partial charge in [0.25, 0.3) is 5.91 Å². The highest BCUT2D eigenvalue weighted by molar-refractivity contribution is 6.30. The number of carbonyl (C=O) groups excluding carboxylic acids is 1. The van der Waals surface area contributed by atoms with E-state index < -0.39 is 24.0 Å². The molecule has 7 heteroatoms. The van der Waals surface area contributed by atoms with Gasteiger partial charge in [-0.05, 0) is 30.3 Å². The third-order valence-electron chi connectivity index (χ3n) is 2.70. The number of carboxylic acid groups (broad SMARTS) is 1. The van der Waals surface area contributed by atoms with Gasteiger partial charge in [-0.2, -0.15) is 0 Å². The SMILES string of the molecule is O=C(O)CN(C(=O)c1cc[nH]c(=O)c1)c1ccc(Cl)cc1. The van der Waals surface area contributed by atoms with Gasteiger partial charge in [0.1, 0.15) is 6.54 Å². The Bertz CT molecular complexity index is 724. The number of aromatic amines is 1. The van der Waals surface area contributed by atoms with Crippen LogP contribution in [0.5, 0.6) is 0 Å². The summed E-state index contributed by atoms with van der Waals surface area (Å²) in [6.07, 6.45) is 1.33. The minimum absolute atomic E-state index is 0.106. The Kier molecular flexibility index (Phi) is 4.39. The van der Waals surface area contributed by atoms with E-state index in [0.717, 1.165) is 11.0 Å². The number of pyridine rings is 1. The molecule has 0 saturated carbocycles. The van der Waals surface area contributed by atoms with E-state index in [1.165, 1.54) is 24.4 Å². The molecule has 0 saturated heterocycles. The number of benzene rings is 1. The quantitative estimate of drug-likeness (QED) is 0.900. The van der Waals surface area contributed by atoms with Crippen LogP contribution in [0.1, 0.15) is 10.4 Å². The molecule has 2 rings (SSSR count). The molecule has 0 bridgehead atoms. The highest BCUT2D eigenvalue weighted by atomic mass is 35.5. The van der Waals surface area contributed by atoms with Crippen molar-refractivity contribution in [2.45, 2.75) is 0 Å². The smallest absolute Gasteiger partial charge is 0.323 e. The van der Waals surface area contributed by atoms with Crippen molar-refractivity contribution >= 4 is 29.2 Å². The third-order valence-corrected chi connectivity index (χ3v) is 2.95. The van der Waals surface area contributed by atoms with E-state index in [1.54, 1.807) is 12.1 Å². The lowest BCUT2D eigenvalue weighted by Gasteiger charge is -2.20. The maximum atomic E-state index is 12.4. The summed E-state index contributed by atoms with van der Waals surface area (Å²) < 4.78 is 0. The molecule has 0 unspecified atom stereocenters. The van der Waals surface area contributed by atoms with E-state index in [4.69, 9.17) is 16.7 Å². The van der Waals surface area contributed by atoms with Gasteiger partial charge < -0.3 is 10.1 Å². The molecule has 1 aromatic heterocycles. The van der Waals surface area contributed by atoms with Crippen molar-refractivity contribution in [3.05, 3.63) is 63.5 Å². The number of nitrogens with one attached hydrogen (secondary N) is 1. The molecule has 1 amide bonds. The van der Waals surface area contributed by atoms with Gasteiger partial charge in [0, 0.05) is 28.5 Å². The molecule has 0 fully saturated rings. The number of amides is 1. The molecule has 0 aliphatic heterocycles. The van der Waals surface area contributed by atoms with Crippen molar-refractivity contribution in [1.82, 2.24) is 4.98 Å². The Hall–Kier alpha value is -2.60. The summed E-state index contributed by atoms with van der Waals surface area (Å²) in [7, 11) is 0. The number of carboxylic acids is 1. The zero-order chi connectivity index (χ0) is 15.4. The Morgan fingerprint density at radius 1 is 1.19 bits per heavy atom. The van der Waals surface area contributed by atoms with Crippen molar-refractivity contribution in [2.24, 2.45) is 0 Å². The average Bonchev–Trinajstić information content (AvgIpc) is 2.45. The van der Waals surface area contributed by atoms with Crippen molar-refractivity contribution < 1.29 is 14.7 Å². The van der Waals surface area contributed by atoms with Gasteiger partial charge in [0.2, 0.25) is 5.56 Å². The number of H-pyrrole nitrogens is 1. The van der Waals surface area contributed by atoms with E-state index in [-0.39, 0.29) is 5.56 Å². The van der Waals surface area contributed by atoms with Crippen LogP contribution < -0.4 is 10.5 Å². The number of hydrogen-bond donors (Lipinski definition) is 2. The number of hydrogen-bond acceptors (Lipinski definition) is 3. The van der Waals surface area contributed by atoms with E-state index >= 15 is 0 Å². The lowest BCUT2D eigenvalue weighted by atomic mass is 10.2. The van der Waals surface area contributed by atoms with Crippen LogP contribution in [0.4, 0.5) is 5.69 Å². The molecular formula is C14H11ClN2O4. The minimum Gasteiger partial charge on any atom is -0.480 e. The summed E-state index contributed by atoms with van der Waals surface area (Å²) >= 11 is 5.77. The monoisotopic (exact) mass is 306 g/mol. The largest absolute Gasteiger partial charge is 0.480 e. The fourth-order valence-corrected chi connectivity index (χ4v) is 1.90. The summed E-state index contributed by atoms with van der Waals surface area (Å²) in [5, 5.41) is 9.43. The molecule has 1 heterocycles. The Morgan fingerprint density at radius 2 is 1.86 bits per heavy atom. The zero-order valence-electron chi connectivity index (χ0n) is 10.7. The summed E-state index contributed by atoms with van der Waals surface area (Å²) in [6, 6.07) is 8.71. The third kappa shape index (κ3) is 3.70. The fourth-order valence-electron chi connectivity index (χ4n) is 1.77. The highest BCUT2D eigenvalue weighted by Gasteiger charge is 2.20. The first-order chi connectivity index (χ1) is 9.97. The first-order valence-corrected chi connectivity index (χ1v) is 6.33. The van der Waals surface area contributed by atoms with Gasteiger partial charge in [-0.3, -0.25) is 19.3 Å². The van der Waals surface area contributed by atoms with Crippen LogP contribution in [-0.2, 0) is 4.79 Å². The van der Waals surface area contributed by atoms with Gasteiger partial charge in [-0.15, -0.1) is 0 Å². The summed E-state index contributed by atoms with van der Waals surface area (Å²) in [6.45, 7) is -0.521. The molecule has 0 aliphatic rings. The number of aliphatic carboxylic acids is 1. The number of anilines is 1. The van der Waals surface area contributed by atoms with Gasteiger partial charge in [-0.25, -0.2) is 0 Å². The van der Waals surface area contributed by atoms with E-state index in [0.29, 0.717) is 10.7 Å². The lowest BCUT2D eigenvalue weighted by molar-refractivity contribution is -0.135. The molecule has 1 aromatic carbocycles. The second-order valence-electron chi connectivity index (χ2n) is 4.20. The van der Waals surface area contributed by atoms with Gasteiger partial charge in [0.15, 0.2) is 0 Å². The molecule has 0 aliphatic carbocycles. The summed E-state index contributed by atoms with van der Waals surface area (Å²) in [5.41, 5.74) is 0.0502. The summed E-state index contributed by atoms with van der Waals surface area (Å²) in [4.78, 5) is 38.1. The average molecular weight is 307 g/mol. The van der Waals surface area contributed by atoms with Gasteiger partial charge in [0.05, 0.1) is 0 Å². The predicted molar refractivity (Wildman–Crippen MR) is 77.8 cm³/mol. The van der Waals surface area contributed by atoms with E-state index in [1.807, 2.05) is 0 Å². The molecule has 6 nitrogen and oxygen atoms in total. The second kappa shape index (κ2) is 6.23. The number of carbonyl (C=O) groups is 2. The number of rotatable bonds is 4. The molecule has 21 heavy (non-hydrogen) atoms. The van der Waals surface area contributed by atoms with Crippen LogP contribution >= 0.6 is 11.6 Å². The van der Waals surface area contributed by atoms with Crippen LogP contribution in [0.2, 0.25) is 5.02 Å². The number of aromatic nitrogens is 1. The molecule has 0 spiro atoms. The van der Waals surface area contributed by atoms with Crippen LogP contribution in [0.3, 0.4) is 0 Å². The Labute approximate surface area is 124 Å². The topological polar surface area (TPSA) is 90.5 Å². The van der Waals surface area contributed by atoms with Crippen molar-refractivity contribution in [3.63, 3.8) is 0 Å². The van der Waals surface area contributed by atoms with Gasteiger partial charge >= 0.3 is 5.97 Å². The van der Waals surface area contributed by atoms with E-state index in [9.17, 15) is 14.4 Å². The fraction of sp³-hybridized carbons (Fsp3) is 0.0714. The number of halogens is 1. The highest BCUT2D eigenvalue weighted by Crippen LogP contribution is 2.19. The molecule has 108 valence electrons. The minimum atomic E-state index is -1.16. The Balaban J connectivity index is 2.40. The number of nitrogens with zero attached hydrogens (tertiary/aromatic N) is 1. The lowest BCUT2D eigenvalue weighted by Crippen LogP contribution is -2.36. The normalized spacial score (nSPS) is 10.1. The standard InChI is InChI=1S/C14H11ClN2O4/c15-10-1-3-11(4-2-10)17(8-13(19)20)14(21)9-5-6-16-12(18)7-9/h1-7H,8H2,(H,16,18)(H,19,20). The molecule has 0 radical (unpaired) electrons. The second-order valence-corrected chi connectivity index (χ2v) is 4.64. The predicted octanol–water partition coefficient (Wildman–Crippen LogP) is 1.76. The molecule has 0 atom stereocenters. The summed E-state index contributed by atoms with van der Waals surface area (Å²) in [5.74, 6) is -1.74. The van der Waals surface area contributed by atoms with Crippen LogP contribution in [-0.4, -0.2) is 28.5 Å². The van der Waals surface area contributed by atoms with Gasteiger partial charge in [-0.1, -0.05) is 11.6 Å². The van der Waals surface area contributed by atoms with Crippen molar-refractivity contribution in [2.75, 3.05) is 11.4 Å². The first kappa shape index (κ1) is 14.8.